The molecule has 1 fully saturated rings. The fourth-order valence-electron chi connectivity index (χ4n) is 2.99. The Morgan fingerprint density at radius 3 is 2.43 bits per heavy atom. The van der Waals surface area contributed by atoms with Crippen LogP contribution in [0.3, 0.4) is 0 Å². The highest BCUT2D eigenvalue weighted by Gasteiger charge is 2.45. The first-order valence-corrected chi connectivity index (χ1v) is 7.45. The number of aromatic nitrogens is 4. The smallest absolute Gasteiger partial charge is 0.331 e. The summed E-state index contributed by atoms with van der Waals surface area (Å²) >= 11 is 0. The molecule has 3 heterocycles. The molecule has 2 aromatic rings. The molecule has 1 aliphatic rings. The lowest BCUT2D eigenvalue weighted by atomic mass is 9.87. The summed E-state index contributed by atoms with van der Waals surface area (Å²) in [7, 11) is 1.76. The fourth-order valence-corrected chi connectivity index (χ4v) is 2.99. The number of hydrogen-bond donors (Lipinski definition) is 1. The zero-order valence-electron chi connectivity index (χ0n) is 13.1. The zero-order valence-corrected chi connectivity index (χ0v) is 13.1. The van der Waals surface area contributed by atoms with Gasteiger partial charge in [-0.25, -0.2) is 9.78 Å². The van der Waals surface area contributed by atoms with Crippen LogP contribution in [0, 0.1) is 6.92 Å². The molecule has 122 valence electrons. The Morgan fingerprint density at radius 1 is 1.26 bits per heavy atom. The van der Waals surface area contributed by atoms with Crippen molar-refractivity contribution in [2.75, 3.05) is 13.1 Å². The van der Waals surface area contributed by atoms with Crippen LogP contribution in [-0.4, -0.2) is 54.3 Å². The minimum absolute atomic E-state index is 0.124. The Morgan fingerprint density at radius 2 is 1.96 bits per heavy atom. The number of carbonyl (C=O) groups is 2. The molecule has 0 bridgehead atoms. The van der Waals surface area contributed by atoms with E-state index in [4.69, 9.17) is 0 Å². The lowest BCUT2D eigenvalue weighted by molar-refractivity contribution is -0.150. The molecule has 1 saturated heterocycles. The highest BCUT2D eigenvalue weighted by Crippen LogP contribution is 2.31. The van der Waals surface area contributed by atoms with Gasteiger partial charge in [0.15, 0.2) is 5.54 Å². The number of likely N-dealkylation sites (tertiary alicyclic amines) is 1. The predicted molar refractivity (Wildman–Crippen MR) is 80.9 cm³/mol. The first-order chi connectivity index (χ1) is 10.9. The molecule has 0 atom stereocenters. The normalized spacial score (nSPS) is 17.2. The molecule has 3 rings (SSSR count). The minimum Gasteiger partial charge on any atom is -0.479 e. The highest BCUT2D eigenvalue weighted by molar-refractivity contribution is 5.92. The summed E-state index contributed by atoms with van der Waals surface area (Å²) in [4.78, 5) is 30.0. The summed E-state index contributed by atoms with van der Waals surface area (Å²) in [5.74, 6) is -1.03. The van der Waals surface area contributed by atoms with Crippen molar-refractivity contribution in [1.29, 1.82) is 0 Å². The number of carboxylic acids is 1. The third-order valence-corrected chi connectivity index (χ3v) is 4.46. The summed E-state index contributed by atoms with van der Waals surface area (Å²) in [6, 6.07) is 0. The van der Waals surface area contributed by atoms with Gasteiger partial charge in [-0.1, -0.05) is 0 Å². The quantitative estimate of drug-likeness (QED) is 0.897. The third-order valence-electron chi connectivity index (χ3n) is 4.46. The molecule has 2 aromatic heterocycles. The van der Waals surface area contributed by atoms with E-state index in [1.54, 1.807) is 35.2 Å². The first kappa shape index (κ1) is 15.3. The van der Waals surface area contributed by atoms with Crippen molar-refractivity contribution in [3.8, 4) is 0 Å². The summed E-state index contributed by atoms with van der Waals surface area (Å²) in [5, 5.41) is 13.9. The number of imidazole rings is 1. The van der Waals surface area contributed by atoms with Crippen LogP contribution < -0.4 is 0 Å². The molecule has 0 aromatic carbocycles. The van der Waals surface area contributed by atoms with Crippen LogP contribution in [0.1, 0.15) is 28.9 Å². The maximum Gasteiger partial charge on any atom is 0.331 e. The Hall–Kier alpha value is -2.64. The summed E-state index contributed by atoms with van der Waals surface area (Å²) in [6.45, 7) is 2.62. The van der Waals surface area contributed by atoms with E-state index >= 15 is 0 Å². The SMILES string of the molecule is Cc1cnn(C2(C(=O)O)CCN(C(=O)c3cncn3C)CC2)c1. The maximum atomic E-state index is 12.5. The van der Waals surface area contributed by atoms with E-state index in [0.717, 1.165) is 5.56 Å². The number of rotatable bonds is 3. The van der Waals surface area contributed by atoms with Crippen molar-refractivity contribution in [3.05, 3.63) is 36.2 Å². The number of hydrogen-bond acceptors (Lipinski definition) is 4. The van der Waals surface area contributed by atoms with Gasteiger partial charge in [0.2, 0.25) is 0 Å². The van der Waals surface area contributed by atoms with Gasteiger partial charge in [0.1, 0.15) is 5.69 Å². The monoisotopic (exact) mass is 317 g/mol. The molecule has 0 spiro atoms. The Kier molecular flexibility index (Phi) is 3.67. The molecule has 1 aliphatic heterocycles. The van der Waals surface area contributed by atoms with Crippen molar-refractivity contribution in [2.45, 2.75) is 25.3 Å². The van der Waals surface area contributed by atoms with Crippen molar-refractivity contribution >= 4 is 11.9 Å². The largest absolute Gasteiger partial charge is 0.479 e. The lowest BCUT2D eigenvalue weighted by Crippen LogP contribution is -2.52. The van der Waals surface area contributed by atoms with Gasteiger partial charge in [0.25, 0.3) is 5.91 Å². The zero-order chi connectivity index (χ0) is 16.6. The molecule has 0 aliphatic carbocycles. The third kappa shape index (κ3) is 2.49. The van der Waals surface area contributed by atoms with Gasteiger partial charge in [-0.3, -0.25) is 9.48 Å². The Bertz CT molecular complexity index is 740. The van der Waals surface area contributed by atoms with Gasteiger partial charge in [-0.15, -0.1) is 0 Å². The molecular formula is C15H19N5O3. The summed E-state index contributed by atoms with van der Waals surface area (Å²) < 4.78 is 3.19. The number of aryl methyl sites for hydroxylation is 2. The van der Waals surface area contributed by atoms with Crippen LogP contribution >= 0.6 is 0 Å². The van der Waals surface area contributed by atoms with Crippen LogP contribution in [0.5, 0.6) is 0 Å². The highest BCUT2D eigenvalue weighted by atomic mass is 16.4. The lowest BCUT2D eigenvalue weighted by Gasteiger charge is -2.38. The van der Waals surface area contributed by atoms with E-state index < -0.39 is 11.5 Å². The van der Waals surface area contributed by atoms with Crippen molar-refractivity contribution < 1.29 is 14.7 Å². The summed E-state index contributed by atoms with van der Waals surface area (Å²) in [5.41, 5.74) is 0.332. The topological polar surface area (TPSA) is 93.2 Å². The van der Waals surface area contributed by atoms with E-state index in [1.807, 2.05) is 6.92 Å². The molecule has 8 nitrogen and oxygen atoms in total. The molecule has 0 saturated carbocycles. The molecule has 23 heavy (non-hydrogen) atoms. The van der Waals surface area contributed by atoms with Gasteiger partial charge < -0.3 is 14.6 Å². The van der Waals surface area contributed by atoms with Crippen LogP contribution in [0.2, 0.25) is 0 Å². The van der Waals surface area contributed by atoms with E-state index in [2.05, 4.69) is 10.1 Å². The molecule has 8 heteroatoms. The van der Waals surface area contributed by atoms with Crippen LogP contribution in [0.4, 0.5) is 0 Å². The summed E-state index contributed by atoms with van der Waals surface area (Å²) in [6.07, 6.45) is 7.15. The fraction of sp³-hybridized carbons (Fsp3) is 0.467. The average Bonchev–Trinajstić information content (AvgIpc) is 3.15. The predicted octanol–water partition coefficient (Wildman–Crippen LogP) is 0.641. The van der Waals surface area contributed by atoms with E-state index in [-0.39, 0.29) is 5.91 Å². The molecular weight excluding hydrogens is 298 g/mol. The molecule has 0 unspecified atom stereocenters. The number of carboxylic acid groups (broad SMARTS) is 1. The number of piperidine rings is 1. The van der Waals surface area contributed by atoms with E-state index in [0.29, 0.717) is 31.6 Å². The molecule has 0 radical (unpaired) electrons. The van der Waals surface area contributed by atoms with Crippen LogP contribution in [-0.2, 0) is 17.4 Å². The van der Waals surface area contributed by atoms with Gasteiger partial charge >= 0.3 is 5.97 Å². The number of carbonyl (C=O) groups excluding carboxylic acids is 1. The molecule has 1 amide bonds. The standard InChI is InChI=1S/C15H19N5O3/c1-11-7-17-20(9-11)15(14(22)23)3-5-19(6-4-15)13(21)12-8-16-10-18(12)2/h7-10H,3-6H2,1-2H3,(H,22,23). The van der Waals surface area contributed by atoms with Gasteiger partial charge in [0.05, 0.1) is 18.7 Å². The maximum absolute atomic E-state index is 12.5. The van der Waals surface area contributed by atoms with Gasteiger partial charge in [-0.2, -0.15) is 5.10 Å². The second-order valence-corrected chi connectivity index (χ2v) is 5.98. The minimum atomic E-state index is -1.09. The Labute approximate surface area is 133 Å². The van der Waals surface area contributed by atoms with Gasteiger partial charge in [0, 0.05) is 39.2 Å². The number of amides is 1. The number of nitrogens with zero attached hydrogens (tertiary/aromatic N) is 5. The second-order valence-electron chi connectivity index (χ2n) is 5.98. The van der Waals surface area contributed by atoms with Crippen LogP contribution in [0.25, 0.3) is 0 Å². The van der Waals surface area contributed by atoms with E-state index in [9.17, 15) is 14.7 Å². The van der Waals surface area contributed by atoms with Crippen molar-refractivity contribution in [3.63, 3.8) is 0 Å². The first-order valence-electron chi connectivity index (χ1n) is 7.45. The van der Waals surface area contributed by atoms with Crippen LogP contribution in [0.15, 0.2) is 24.9 Å². The average molecular weight is 317 g/mol. The van der Waals surface area contributed by atoms with Gasteiger partial charge in [-0.05, 0) is 12.5 Å². The van der Waals surface area contributed by atoms with Crippen molar-refractivity contribution in [1.82, 2.24) is 24.2 Å². The second kappa shape index (κ2) is 5.53. The van der Waals surface area contributed by atoms with Crippen molar-refractivity contribution in [2.24, 2.45) is 7.05 Å². The Balaban J connectivity index is 1.79. The number of aliphatic carboxylic acids is 1. The van der Waals surface area contributed by atoms with E-state index in [1.165, 1.54) is 10.9 Å². The molecule has 1 N–H and O–H groups in total.